The van der Waals surface area contributed by atoms with Crippen LogP contribution in [0, 0.1) is 0 Å². The van der Waals surface area contributed by atoms with Gasteiger partial charge in [0.25, 0.3) is 0 Å². The molecule has 1 aliphatic heterocycles. The van der Waals surface area contributed by atoms with E-state index in [1.54, 1.807) is 17.3 Å². The summed E-state index contributed by atoms with van der Waals surface area (Å²) in [5, 5.41) is 14.4. The van der Waals surface area contributed by atoms with Crippen molar-refractivity contribution in [3.05, 3.63) is 18.5 Å². The minimum Gasteiger partial charge on any atom is -0.335 e. The van der Waals surface area contributed by atoms with Crippen LogP contribution < -0.4 is 16.0 Å². The van der Waals surface area contributed by atoms with E-state index < -0.39 is 0 Å². The van der Waals surface area contributed by atoms with Crippen LogP contribution >= 0.6 is 0 Å². The lowest BCUT2D eigenvalue weighted by atomic mass is 9.96. The molecule has 9 heteroatoms. The van der Waals surface area contributed by atoms with Gasteiger partial charge in [0.15, 0.2) is 5.65 Å². The van der Waals surface area contributed by atoms with Crippen LogP contribution in [0.15, 0.2) is 18.5 Å². The highest BCUT2D eigenvalue weighted by Crippen LogP contribution is 2.20. The van der Waals surface area contributed by atoms with E-state index in [1.807, 2.05) is 10.7 Å². The van der Waals surface area contributed by atoms with Gasteiger partial charge in [0.05, 0.1) is 18.1 Å². The summed E-state index contributed by atoms with van der Waals surface area (Å²) in [7, 11) is 0. The maximum absolute atomic E-state index is 12.7. The zero-order valence-electron chi connectivity index (χ0n) is 18.4. The molecule has 9 nitrogen and oxygen atoms in total. The first kappa shape index (κ1) is 21.4. The number of pyridine rings is 1. The third-order valence-electron chi connectivity index (χ3n) is 6.23. The van der Waals surface area contributed by atoms with Gasteiger partial charge in [-0.1, -0.05) is 19.3 Å². The lowest BCUT2D eigenvalue weighted by Crippen LogP contribution is -2.51. The Balaban J connectivity index is 1.24. The SMILES string of the molecule is CC(C)n1ncc2cc(NC(=O)N3CCC(NC(=O)NC4CCCCC4)CC3)cnc21. The molecule has 0 atom stereocenters. The van der Waals surface area contributed by atoms with Crippen molar-refractivity contribution < 1.29 is 9.59 Å². The van der Waals surface area contributed by atoms with Gasteiger partial charge < -0.3 is 20.9 Å². The molecule has 2 aliphatic rings. The maximum atomic E-state index is 12.7. The van der Waals surface area contributed by atoms with E-state index in [-0.39, 0.29) is 24.1 Å². The second-order valence-corrected chi connectivity index (χ2v) is 8.96. The predicted molar refractivity (Wildman–Crippen MR) is 120 cm³/mol. The van der Waals surface area contributed by atoms with E-state index >= 15 is 0 Å². The van der Waals surface area contributed by atoms with Crippen LogP contribution in [-0.4, -0.2) is 56.9 Å². The molecule has 2 fully saturated rings. The van der Waals surface area contributed by atoms with Crippen molar-refractivity contribution >= 4 is 28.8 Å². The van der Waals surface area contributed by atoms with E-state index in [4.69, 9.17) is 0 Å². The molecule has 1 aliphatic carbocycles. The van der Waals surface area contributed by atoms with Gasteiger partial charge in [-0.2, -0.15) is 5.10 Å². The number of amides is 4. The number of rotatable bonds is 4. The van der Waals surface area contributed by atoms with Crippen LogP contribution in [0.5, 0.6) is 0 Å². The molecule has 0 bridgehead atoms. The van der Waals surface area contributed by atoms with Gasteiger partial charge in [-0.3, -0.25) is 0 Å². The number of anilines is 1. The highest BCUT2D eigenvalue weighted by Gasteiger charge is 2.25. The van der Waals surface area contributed by atoms with Crippen molar-refractivity contribution in [1.29, 1.82) is 0 Å². The van der Waals surface area contributed by atoms with Crippen LogP contribution in [0.4, 0.5) is 15.3 Å². The Morgan fingerprint density at radius 2 is 1.68 bits per heavy atom. The summed E-state index contributed by atoms with van der Waals surface area (Å²) >= 11 is 0. The molecule has 3 N–H and O–H groups in total. The fourth-order valence-electron chi connectivity index (χ4n) is 4.48. The topological polar surface area (TPSA) is 104 Å². The van der Waals surface area contributed by atoms with Crippen LogP contribution in [0.3, 0.4) is 0 Å². The van der Waals surface area contributed by atoms with Gasteiger partial charge >= 0.3 is 12.1 Å². The van der Waals surface area contributed by atoms with Crippen LogP contribution in [0.1, 0.15) is 64.8 Å². The summed E-state index contributed by atoms with van der Waals surface area (Å²) in [6.07, 6.45) is 10.8. The summed E-state index contributed by atoms with van der Waals surface area (Å²) in [6.45, 7) is 5.34. The summed E-state index contributed by atoms with van der Waals surface area (Å²) in [5.41, 5.74) is 1.47. The number of likely N-dealkylation sites (tertiary alicyclic amines) is 1. The minimum atomic E-state index is -0.137. The molecule has 1 saturated carbocycles. The van der Waals surface area contributed by atoms with Crippen molar-refractivity contribution in [2.75, 3.05) is 18.4 Å². The molecule has 31 heavy (non-hydrogen) atoms. The third-order valence-corrected chi connectivity index (χ3v) is 6.23. The number of aromatic nitrogens is 3. The lowest BCUT2D eigenvalue weighted by molar-refractivity contribution is 0.186. The second kappa shape index (κ2) is 9.53. The number of hydrogen-bond acceptors (Lipinski definition) is 4. The van der Waals surface area contributed by atoms with Crippen molar-refractivity contribution in [3.8, 4) is 0 Å². The Labute approximate surface area is 182 Å². The number of nitrogens with zero attached hydrogens (tertiary/aromatic N) is 4. The Morgan fingerprint density at radius 1 is 1.00 bits per heavy atom. The molecular formula is C22H33N7O2. The largest absolute Gasteiger partial charge is 0.335 e. The van der Waals surface area contributed by atoms with E-state index in [9.17, 15) is 9.59 Å². The lowest BCUT2D eigenvalue weighted by Gasteiger charge is -2.33. The highest BCUT2D eigenvalue weighted by molar-refractivity contribution is 5.91. The summed E-state index contributed by atoms with van der Waals surface area (Å²) in [6, 6.07) is 2.32. The average molecular weight is 428 g/mol. The van der Waals surface area contributed by atoms with E-state index in [1.165, 1.54) is 19.3 Å². The van der Waals surface area contributed by atoms with E-state index in [2.05, 4.69) is 39.9 Å². The molecule has 168 valence electrons. The molecular weight excluding hydrogens is 394 g/mol. The average Bonchev–Trinajstić information content (AvgIpc) is 3.18. The molecule has 0 unspecified atom stereocenters. The monoisotopic (exact) mass is 427 g/mol. The van der Waals surface area contributed by atoms with Crippen LogP contribution in [0.2, 0.25) is 0 Å². The van der Waals surface area contributed by atoms with E-state index in [0.29, 0.717) is 24.8 Å². The van der Waals surface area contributed by atoms with Gasteiger partial charge in [-0.05, 0) is 45.6 Å². The Hall–Kier alpha value is -2.84. The zero-order valence-corrected chi connectivity index (χ0v) is 18.4. The molecule has 0 spiro atoms. The van der Waals surface area contributed by atoms with Crippen molar-refractivity contribution in [2.24, 2.45) is 0 Å². The van der Waals surface area contributed by atoms with Gasteiger partial charge in [0, 0.05) is 36.6 Å². The number of carbonyl (C=O) groups is 2. The Kier molecular flexibility index (Phi) is 6.58. The van der Waals surface area contributed by atoms with Crippen molar-refractivity contribution in [2.45, 2.75) is 76.9 Å². The first-order valence-corrected chi connectivity index (χ1v) is 11.5. The predicted octanol–water partition coefficient (Wildman–Crippen LogP) is 3.64. The maximum Gasteiger partial charge on any atom is 0.321 e. The zero-order chi connectivity index (χ0) is 21.8. The Morgan fingerprint density at radius 3 is 2.35 bits per heavy atom. The molecule has 2 aromatic heterocycles. The fraction of sp³-hybridized carbons (Fsp3) is 0.636. The van der Waals surface area contributed by atoms with Gasteiger partial charge in [-0.25, -0.2) is 19.3 Å². The normalized spacial score (nSPS) is 18.4. The number of carbonyl (C=O) groups excluding carboxylic acids is 2. The van der Waals surface area contributed by atoms with E-state index in [0.717, 1.165) is 36.7 Å². The number of urea groups is 2. The third kappa shape index (κ3) is 5.26. The number of nitrogens with one attached hydrogen (secondary N) is 3. The second-order valence-electron chi connectivity index (χ2n) is 8.96. The minimum absolute atomic E-state index is 0.0730. The Bertz CT molecular complexity index is 912. The summed E-state index contributed by atoms with van der Waals surface area (Å²) < 4.78 is 1.86. The van der Waals surface area contributed by atoms with Gasteiger partial charge in [-0.15, -0.1) is 0 Å². The van der Waals surface area contributed by atoms with Gasteiger partial charge in [0.1, 0.15) is 0 Å². The summed E-state index contributed by atoms with van der Waals surface area (Å²) in [5.74, 6) is 0. The molecule has 0 aromatic carbocycles. The standard InChI is InChI=1S/C22H33N7O2/c1-15(2)29-20-16(13-24-29)12-19(14-23-20)27-22(31)28-10-8-18(9-11-28)26-21(30)25-17-6-4-3-5-7-17/h12-15,17-18H,3-11H2,1-2H3,(H,27,31)(H2,25,26,30). The first-order valence-electron chi connectivity index (χ1n) is 11.5. The number of fused-ring (bicyclic) bond motifs is 1. The van der Waals surface area contributed by atoms with Gasteiger partial charge in [0.2, 0.25) is 0 Å². The fourth-order valence-corrected chi connectivity index (χ4v) is 4.48. The summed E-state index contributed by atoms with van der Waals surface area (Å²) in [4.78, 5) is 31.2. The molecule has 1 saturated heterocycles. The molecule has 0 radical (unpaired) electrons. The quantitative estimate of drug-likeness (QED) is 0.693. The van der Waals surface area contributed by atoms with Crippen LogP contribution in [-0.2, 0) is 0 Å². The highest BCUT2D eigenvalue weighted by atomic mass is 16.2. The molecule has 2 aromatic rings. The first-order chi connectivity index (χ1) is 15.0. The number of hydrogen-bond donors (Lipinski definition) is 3. The van der Waals surface area contributed by atoms with Crippen LogP contribution in [0.25, 0.3) is 11.0 Å². The molecule has 3 heterocycles. The number of piperidine rings is 1. The molecule has 4 rings (SSSR count). The van der Waals surface area contributed by atoms with Crippen molar-refractivity contribution in [1.82, 2.24) is 30.3 Å². The molecule has 4 amide bonds. The smallest absolute Gasteiger partial charge is 0.321 e. The van der Waals surface area contributed by atoms with Crippen molar-refractivity contribution in [3.63, 3.8) is 0 Å².